The lowest BCUT2D eigenvalue weighted by Gasteiger charge is -2.09. The maximum atomic E-state index is 12.2. The van der Waals surface area contributed by atoms with E-state index >= 15 is 0 Å². The molecule has 1 aromatic heterocycles. The van der Waals surface area contributed by atoms with Gasteiger partial charge in [-0.1, -0.05) is 36.0 Å². The highest BCUT2D eigenvalue weighted by Crippen LogP contribution is 2.24. The number of nitrogens with zero attached hydrogens (tertiary/aromatic N) is 1. The number of benzene rings is 2. The number of thioether (sulfide) groups is 1. The summed E-state index contributed by atoms with van der Waals surface area (Å²) in [5.41, 5.74) is 3.26. The Morgan fingerprint density at radius 1 is 1.00 bits per heavy atom. The fourth-order valence-electron chi connectivity index (χ4n) is 2.56. The van der Waals surface area contributed by atoms with E-state index in [1.807, 2.05) is 31.2 Å². The molecule has 3 aromatic rings. The fraction of sp³-hybridized carbons (Fsp3) is 0.150. The number of carbonyl (C=O) groups excluding carboxylic acids is 2. The Morgan fingerprint density at radius 3 is 2.50 bits per heavy atom. The molecule has 0 saturated carbocycles. The number of nitrogens with one attached hydrogen (secondary N) is 2. The first-order chi connectivity index (χ1) is 12.5. The molecule has 0 fully saturated rings. The smallest absolute Gasteiger partial charge is 0.234 e. The van der Waals surface area contributed by atoms with Crippen molar-refractivity contribution in [3.63, 3.8) is 0 Å². The zero-order chi connectivity index (χ0) is 18.5. The molecule has 2 amide bonds. The summed E-state index contributed by atoms with van der Waals surface area (Å²) in [5.74, 6) is -0.0116. The van der Waals surface area contributed by atoms with E-state index in [1.54, 1.807) is 24.3 Å². The number of carbonyl (C=O) groups is 2. The molecule has 0 spiro atoms. The Bertz CT molecular complexity index is 972. The van der Waals surface area contributed by atoms with Gasteiger partial charge in [0.15, 0.2) is 0 Å². The van der Waals surface area contributed by atoms with Crippen molar-refractivity contribution in [2.24, 2.45) is 0 Å². The van der Waals surface area contributed by atoms with Gasteiger partial charge in [0.05, 0.1) is 11.3 Å². The highest BCUT2D eigenvalue weighted by molar-refractivity contribution is 8.00. The Hall–Kier alpha value is -2.86. The number of para-hydroxylation sites is 1. The molecule has 2 aromatic carbocycles. The third kappa shape index (κ3) is 4.61. The number of rotatable bonds is 5. The number of anilines is 2. The van der Waals surface area contributed by atoms with E-state index in [9.17, 15) is 9.59 Å². The van der Waals surface area contributed by atoms with Crippen molar-refractivity contribution < 1.29 is 9.59 Å². The lowest BCUT2D eigenvalue weighted by Crippen LogP contribution is -2.14. The monoisotopic (exact) mass is 365 g/mol. The van der Waals surface area contributed by atoms with Crippen LogP contribution in [-0.2, 0) is 9.59 Å². The second kappa shape index (κ2) is 8.01. The first-order valence-electron chi connectivity index (χ1n) is 8.18. The Kier molecular flexibility index (Phi) is 5.53. The van der Waals surface area contributed by atoms with Gasteiger partial charge in [0.25, 0.3) is 0 Å². The van der Waals surface area contributed by atoms with Gasteiger partial charge in [-0.25, -0.2) is 4.98 Å². The van der Waals surface area contributed by atoms with Crippen LogP contribution in [0.3, 0.4) is 0 Å². The maximum Gasteiger partial charge on any atom is 0.234 e. The van der Waals surface area contributed by atoms with Crippen LogP contribution < -0.4 is 10.6 Å². The minimum Gasteiger partial charge on any atom is -0.326 e. The number of aryl methyl sites for hydroxylation is 1. The second-order valence-electron chi connectivity index (χ2n) is 5.90. The van der Waals surface area contributed by atoms with Crippen molar-refractivity contribution in [2.45, 2.75) is 18.9 Å². The predicted molar refractivity (Wildman–Crippen MR) is 107 cm³/mol. The standard InChI is InChI=1S/C20H19N3O2S/c1-13-10-15-6-3-4-9-18(15)23-20(13)26-12-19(25)22-17-8-5-7-16(11-17)21-14(2)24/h3-11H,12H2,1-2H3,(H,21,24)(H,22,25). The van der Waals surface area contributed by atoms with Crippen LogP contribution in [0.1, 0.15) is 12.5 Å². The number of aromatic nitrogens is 1. The molecule has 0 saturated heterocycles. The van der Waals surface area contributed by atoms with Crippen LogP contribution in [0.2, 0.25) is 0 Å². The molecule has 1 heterocycles. The number of amides is 2. The molecule has 0 bridgehead atoms. The van der Waals surface area contributed by atoms with E-state index in [0.29, 0.717) is 11.4 Å². The van der Waals surface area contributed by atoms with Crippen molar-refractivity contribution in [1.29, 1.82) is 0 Å². The average molecular weight is 365 g/mol. The number of hydrogen-bond acceptors (Lipinski definition) is 4. The summed E-state index contributed by atoms with van der Waals surface area (Å²) in [6, 6.07) is 17.1. The van der Waals surface area contributed by atoms with Crippen LogP contribution in [0.4, 0.5) is 11.4 Å². The number of hydrogen-bond donors (Lipinski definition) is 2. The van der Waals surface area contributed by atoms with Gasteiger partial charge in [0.2, 0.25) is 11.8 Å². The van der Waals surface area contributed by atoms with Crippen molar-refractivity contribution in [1.82, 2.24) is 4.98 Å². The lowest BCUT2D eigenvalue weighted by molar-refractivity contribution is -0.114. The molecular formula is C20H19N3O2S. The number of pyridine rings is 1. The SMILES string of the molecule is CC(=O)Nc1cccc(NC(=O)CSc2nc3ccccc3cc2C)c1. The quantitative estimate of drug-likeness (QED) is 0.664. The van der Waals surface area contributed by atoms with Gasteiger partial charge in [-0.2, -0.15) is 0 Å². The largest absolute Gasteiger partial charge is 0.326 e. The van der Waals surface area contributed by atoms with E-state index in [0.717, 1.165) is 21.5 Å². The summed E-state index contributed by atoms with van der Waals surface area (Å²) in [4.78, 5) is 28.0. The summed E-state index contributed by atoms with van der Waals surface area (Å²) < 4.78 is 0. The first kappa shape index (κ1) is 17.9. The summed E-state index contributed by atoms with van der Waals surface area (Å²) in [5, 5.41) is 7.48. The second-order valence-corrected chi connectivity index (χ2v) is 6.87. The minimum atomic E-state index is -0.151. The van der Waals surface area contributed by atoms with E-state index in [4.69, 9.17) is 0 Å². The van der Waals surface area contributed by atoms with Gasteiger partial charge in [0.1, 0.15) is 5.03 Å². The lowest BCUT2D eigenvalue weighted by atomic mass is 10.2. The van der Waals surface area contributed by atoms with Crippen molar-refractivity contribution in [2.75, 3.05) is 16.4 Å². The molecule has 5 nitrogen and oxygen atoms in total. The fourth-order valence-corrected chi connectivity index (χ4v) is 3.35. The molecule has 0 aliphatic carbocycles. The van der Waals surface area contributed by atoms with Gasteiger partial charge in [-0.05, 0) is 42.8 Å². The topological polar surface area (TPSA) is 71.1 Å². The molecule has 0 radical (unpaired) electrons. The van der Waals surface area contributed by atoms with E-state index in [2.05, 4.69) is 21.7 Å². The van der Waals surface area contributed by atoms with Gasteiger partial charge >= 0.3 is 0 Å². The Morgan fingerprint density at radius 2 is 1.73 bits per heavy atom. The van der Waals surface area contributed by atoms with Gasteiger partial charge in [0, 0.05) is 23.7 Å². The van der Waals surface area contributed by atoms with Gasteiger partial charge in [-0.15, -0.1) is 0 Å². The zero-order valence-corrected chi connectivity index (χ0v) is 15.4. The van der Waals surface area contributed by atoms with Crippen LogP contribution >= 0.6 is 11.8 Å². The zero-order valence-electron chi connectivity index (χ0n) is 14.6. The van der Waals surface area contributed by atoms with E-state index in [-0.39, 0.29) is 17.6 Å². The molecule has 2 N–H and O–H groups in total. The van der Waals surface area contributed by atoms with Gasteiger partial charge < -0.3 is 10.6 Å². The molecule has 0 atom stereocenters. The molecule has 26 heavy (non-hydrogen) atoms. The minimum absolute atomic E-state index is 0.121. The molecule has 0 unspecified atom stereocenters. The van der Waals surface area contributed by atoms with Crippen LogP contribution in [-0.4, -0.2) is 22.6 Å². The summed E-state index contributed by atoms with van der Waals surface area (Å²) in [6.07, 6.45) is 0. The molecule has 132 valence electrons. The molecule has 3 rings (SSSR count). The Balaban J connectivity index is 1.64. The maximum absolute atomic E-state index is 12.2. The number of fused-ring (bicyclic) bond motifs is 1. The molecule has 0 aliphatic heterocycles. The first-order valence-corrected chi connectivity index (χ1v) is 9.16. The van der Waals surface area contributed by atoms with Gasteiger partial charge in [-0.3, -0.25) is 9.59 Å². The highest BCUT2D eigenvalue weighted by Gasteiger charge is 2.09. The third-order valence-electron chi connectivity index (χ3n) is 3.67. The third-order valence-corrected chi connectivity index (χ3v) is 4.77. The van der Waals surface area contributed by atoms with E-state index < -0.39 is 0 Å². The normalized spacial score (nSPS) is 10.5. The Labute approximate surface area is 156 Å². The van der Waals surface area contributed by atoms with E-state index in [1.165, 1.54) is 18.7 Å². The van der Waals surface area contributed by atoms with Crippen LogP contribution in [0.15, 0.2) is 59.6 Å². The molecule has 6 heteroatoms. The predicted octanol–water partition coefficient (Wildman–Crippen LogP) is 4.23. The summed E-state index contributed by atoms with van der Waals surface area (Å²) in [6.45, 7) is 3.44. The van der Waals surface area contributed by atoms with Crippen molar-refractivity contribution >= 4 is 45.9 Å². The molecule has 0 aliphatic rings. The summed E-state index contributed by atoms with van der Waals surface area (Å²) in [7, 11) is 0. The summed E-state index contributed by atoms with van der Waals surface area (Å²) >= 11 is 1.41. The van der Waals surface area contributed by atoms with Crippen LogP contribution in [0.5, 0.6) is 0 Å². The highest BCUT2D eigenvalue weighted by atomic mass is 32.2. The molecular weight excluding hydrogens is 346 g/mol. The van der Waals surface area contributed by atoms with Crippen molar-refractivity contribution in [3.8, 4) is 0 Å². The van der Waals surface area contributed by atoms with Crippen molar-refractivity contribution in [3.05, 3.63) is 60.2 Å². The van der Waals surface area contributed by atoms with Crippen LogP contribution in [0, 0.1) is 6.92 Å². The van der Waals surface area contributed by atoms with Crippen LogP contribution in [0.25, 0.3) is 10.9 Å². The average Bonchev–Trinajstić information content (AvgIpc) is 2.59.